The summed E-state index contributed by atoms with van der Waals surface area (Å²) >= 11 is 0. The van der Waals surface area contributed by atoms with Crippen LogP contribution in [-0.2, 0) is 13.0 Å². The van der Waals surface area contributed by atoms with Crippen LogP contribution < -0.4 is 5.32 Å². The Hall–Kier alpha value is -1.69. The van der Waals surface area contributed by atoms with Gasteiger partial charge in [0.15, 0.2) is 5.82 Å². The molecule has 2 aromatic rings. The number of hydrogen-bond donors (Lipinski definition) is 1. The van der Waals surface area contributed by atoms with E-state index in [0.717, 1.165) is 18.7 Å². The van der Waals surface area contributed by atoms with E-state index in [1.165, 1.54) is 0 Å². The van der Waals surface area contributed by atoms with Gasteiger partial charge in [0, 0.05) is 24.9 Å². The largest absolute Gasteiger partial charge is 0.338 e. The van der Waals surface area contributed by atoms with E-state index in [4.69, 9.17) is 4.52 Å². The van der Waals surface area contributed by atoms with Crippen LogP contribution in [-0.4, -0.2) is 26.0 Å². The molecule has 0 spiro atoms. The van der Waals surface area contributed by atoms with E-state index >= 15 is 0 Å². The van der Waals surface area contributed by atoms with Crippen molar-refractivity contribution in [1.82, 2.24) is 25.2 Å². The second-order valence-electron chi connectivity index (χ2n) is 5.93. The first-order valence-corrected chi connectivity index (χ1v) is 7.60. The number of rotatable bonds is 8. The van der Waals surface area contributed by atoms with Crippen molar-refractivity contribution in [3.05, 3.63) is 30.2 Å². The Morgan fingerprint density at radius 2 is 2.10 bits per heavy atom. The Morgan fingerprint density at radius 3 is 2.76 bits per heavy atom. The second-order valence-corrected chi connectivity index (χ2v) is 5.93. The molecule has 0 aliphatic carbocycles. The first kappa shape index (κ1) is 15.7. The van der Waals surface area contributed by atoms with Crippen LogP contribution in [0.3, 0.4) is 0 Å². The maximum atomic E-state index is 5.27. The second kappa shape index (κ2) is 7.36. The van der Waals surface area contributed by atoms with Gasteiger partial charge in [-0.1, -0.05) is 19.0 Å². The number of nitrogens with one attached hydrogen (secondary N) is 1. The van der Waals surface area contributed by atoms with Crippen LogP contribution in [0.2, 0.25) is 0 Å². The lowest BCUT2D eigenvalue weighted by Crippen LogP contribution is -2.33. The number of hydrogen-bond acceptors (Lipinski definition) is 5. The van der Waals surface area contributed by atoms with E-state index in [0.29, 0.717) is 18.4 Å². The maximum absolute atomic E-state index is 5.27. The third-order valence-electron chi connectivity index (χ3n) is 3.70. The summed E-state index contributed by atoms with van der Waals surface area (Å²) in [5.74, 6) is 2.10. The van der Waals surface area contributed by atoms with Crippen LogP contribution in [0.5, 0.6) is 0 Å². The molecular formula is C15H25N5O. The number of nitrogens with zero attached hydrogens (tertiary/aromatic N) is 4. The number of aromatic nitrogens is 4. The molecule has 0 aliphatic heterocycles. The molecule has 0 saturated heterocycles. The minimum atomic E-state index is 0.260. The summed E-state index contributed by atoms with van der Waals surface area (Å²) < 4.78 is 7.22. The third-order valence-corrected chi connectivity index (χ3v) is 3.70. The lowest BCUT2D eigenvalue weighted by atomic mass is 10.1. The van der Waals surface area contributed by atoms with E-state index in [-0.39, 0.29) is 12.1 Å². The predicted molar refractivity (Wildman–Crippen MR) is 80.7 cm³/mol. The van der Waals surface area contributed by atoms with E-state index in [1.807, 2.05) is 16.9 Å². The van der Waals surface area contributed by atoms with Crippen molar-refractivity contribution in [2.45, 2.75) is 59.2 Å². The van der Waals surface area contributed by atoms with Gasteiger partial charge in [0.05, 0.1) is 12.6 Å². The highest BCUT2D eigenvalue weighted by Crippen LogP contribution is 2.10. The molecule has 0 radical (unpaired) electrons. The SMILES string of the molecule is CC(C)CCc1noc(CNC(C)C(C)n2cccn2)n1. The van der Waals surface area contributed by atoms with Gasteiger partial charge in [-0.2, -0.15) is 10.1 Å². The Kier molecular flexibility index (Phi) is 5.50. The van der Waals surface area contributed by atoms with Crippen molar-refractivity contribution in [2.24, 2.45) is 5.92 Å². The highest BCUT2D eigenvalue weighted by Gasteiger charge is 2.15. The van der Waals surface area contributed by atoms with Gasteiger partial charge >= 0.3 is 0 Å². The van der Waals surface area contributed by atoms with Crippen molar-refractivity contribution >= 4 is 0 Å². The molecule has 1 N–H and O–H groups in total. The van der Waals surface area contributed by atoms with Crippen LogP contribution in [0, 0.1) is 5.92 Å². The van der Waals surface area contributed by atoms with Crippen molar-refractivity contribution in [2.75, 3.05) is 0 Å². The Labute approximate surface area is 125 Å². The van der Waals surface area contributed by atoms with Gasteiger partial charge in [0.25, 0.3) is 0 Å². The minimum Gasteiger partial charge on any atom is -0.338 e. The maximum Gasteiger partial charge on any atom is 0.240 e. The van der Waals surface area contributed by atoms with Crippen molar-refractivity contribution in [1.29, 1.82) is 0 Å². The molecular weight excluding hydrogens is 266 g/mol. The zero-order valence-electron chi connectivity index (χ0n) is 13.3. The molecule has 0 bridgehead atoms. The molecule has 0 aliphatic rings. The molecule has 116 valence electrons. The van der Waals surface area contributed by atoms with Crippen molar-refractivity contribution in [3.8, 4) is 0 Å². The fourth-order valence-corrected chi connectivity index (χ4v) is 2.05. The topological polar surface area (TPSA) is 68.8 Å². The normalized spacial score (nSPS) is 14.5. The summed E-state index contributed by atoms with van der Waals surface area (Å²) in [6.07, 6.45) is 5.72. The summed E-state index contributed by atoms with van der Waals surface area (Å²) in [4.78, 5) is 4.41. The standard InChI is InChI=1S/C15H25N5O/c1-11(2)6-7-14-18-15(21-19-14)10-16-12(3)13(4)20-9-5-8-17-20/h5,8-9,11-13,16H,6-7,10H2,1-4H3. The summed E-state index contributed by atoms with van der Waals surface area (Å²) in [5, 5.41) is 11.7. The first-order chi connectivity index (χ1) is 10.1. The van der Waals surface area contributed by atoms with Crippen molar-refractivity contribution < 1.29 is 4.52 Å². The van der Waals surface area contributed by atoms with E-state index < -0.39 is 0 Å². The summed E-state index contributed by atoms with van der Waals surface area (Å²) in [6, 6.07) is 2.46. The van der Waals surface area contributed by atoms with Crippen LogP contribution >= 0.6 is 0 Å². The van der Waals surface area contributed by atoms with Gasteiger partial charge in [-0.25, -0.2) is 0 Å². The monoisotopic (exact) mass is 291 g/mol. The lowest BCUT2D eigenvalue weighted by molar-refractivity contribution is 0.323. The summed E-state index contributed by atoms with van der Waals surface area (Å²) in [7, 11) is 0. The molecule has 2 atom stereocenters. The zero-order valence-corrected chi connectivity index (χ0v) is 13.3. The Bertz CT molecular complexity index is 520. The molecule has 21 heavy (non-hydrogen) atoms. The van der Waals surface area contributed by atoms with Gasteiger partial charge in [-0.3, -0.25) is 4.68 Å². The zero-order chi connectivity index (χ0) is 15.2. The van der Waals surface area contributed by atoms with Gasteiger partial charge in [0.1, 0.15) is 0 Å². The minimum absolute atomic E-state index is 0.260. The summed E-state index contributed by atoms with van der Waals surface area (Å²) in [6.45, 7) is 9.23. The molecule has 6 nitrogen and oxygen atoms in total. The van der Waals surface area contributed by atoms with E-state index in [9.17, 15) is 0 Å². The van der Waals surface area contributed by atoms with Gasteiger partial charge in [-0.05, 0) is 32.3 Å². The average Bonchev–Trinajstić information content (AvgIpc) is 3.13. The van der Waals surface area contributed by atoms with E-state index in [1.54, 1.807) is 6.20 Å². The molecule has 2 aromatic heterocycles. The van der Waals surface area contributed by atoms with Gasteiger partial charge < -0.3 is 9.84 Å². The highest BCUT2D eigenvalue weighted by molar-refractivity contribution is 4.88. The Morgan fingerprint density at radius 1 is 1.29 bits per heavy atom. The van der Waals surface area contributed by atoms with E-state index in [2.05, 4.69) is 48.3 Å². The predicted octanol–water partition coefficient (Wildman–Crippen LogP) is 2.59. The molecule has 2 rings (SSSR count). The average molecular weight is 291 g/mol. The van der Waals surface area contributed by atoms with Crippen LogP contribution in [0.25, 0.3) is 0 Å². The molecule has 0 aromatic carbocycles. The van der Waals surface area contributed by atoms with Crippen LogP contribution in [0.4, 0.5) is 0 Å². The van der Waals surface area contributed by atoms with Crippen LogP contribution in [0.15, 0.2) is 23.0 Å². The fraction of sp³-hybridized carbons (Fsp3) is 0.667. The highest BCUT2D eigenvalue weighted by atomic mass is 16.5. The fourth-order valence-electron chi connectivity index (χ4n) is 2.05. The molecule has 2 unspecified atom stereocenters. The molecule has 0 saturated carbocycles. The smallest absolute Gasteiger partial charge is 0.240 e. The first-order valence-electron chi connectivity index (χ1n) is 7.60. The number of aryl methyl sites for hydroxylation is 1. The molecule has 0 fully saturated rings. The Balaban J connectivity index is 1.80. The van der Waals surface area contributed by atoms with Crippen molar-refractivity contribution in [3.63, 3.8) is 0 Å². The summed E-state index contributed by atoms with van der Waals surface area (Å²) in [5.41, 5.74) is 0. The lowest BCUT2D eigenvalue weighted by Gasteiger charge is -2.20. The van der Waals surface area contributed by atoms with Gasteiger partial charge in [-0.15, -0.1) is 0 Å². The molecule has 2 heterocycles. The van der Waals surface area contributed by atoms with Crippen LogP contribution in [0.1, 0.15) is 51.9 Å². The third kappa shape index (κ3) is 4.67. The molecule has 6 heteroatoms. The van der Waals surface area contributed by atoms with Gasteiger partial charge in [0.2, 0.25) is 5.89 Å². The quantitative estimate of drug-likeness (QED) is 0.809. The molecule has 0 amide bonds.